The number of primary amides is 1. The van der Waals surface area contributed by atoms with Crippen molar-refractivity contribution in [3.63, 3.8) is 0 Å². The smallest absolute Gasteiger partial charge is 0.270 e. The van der Waals surface area contributed by atoms with Crippen LogP contribution in [0, 0.1) is 0 Å². The Labute approximate surface area is 170 Å². The molecule has 0 unspecified atom stereocenters. The van der Waals surface area contributed by atoms with Crippen LogP contribution < -0.4 is 20.7 Å². The first-order valence-corrected chi connectivity index (χ1v) is 8.82. The molecule has 1 saturated heterocycles. The number of halogens is 1. The first-order chi connectivity index (χ1) is 13.3. The van der Waals surface area contributed by atoms with Crippen LogP contribution in [0.3, 0.4) is 0 Å². The second-order valence-electron chi connectivity index (χ2n) is 5.76. The molecular formula is C19H14ClN3O4S. The van der Waals surface area contributed by atoms with E-state index in [2.05, 4.69) is 5.32 Å². The SMILES string of the molecule is NC(=O)COc1ccc(/C=C2/C(=O)NC(=S)N(c3ccc(Cl)cc3)C2=O)cc1. The van der Waals surface area contributed by atoms with E-state index in [1.807, 2.05) is 0 Å². The highest BCUT2D eigenvalue weighted by molar-refractivity contribution is 7.80. The van der Waals surface area contributed by atoms with Crippen LogP contribution in [-0.4, -0.2) is 29.4 Å². The minimum atomic E-state index is -0.589. The fraction of sp³-hybridized carbons (Fsp3) is 0.0526. The largest absolute Gasteiger partial charge is 0.484 e. The number of nitrogens with zero attached hydrogens (tertiary/aromatic N) is 1. The number of carbonyl (C=O) groups excluding carboxylic acids is 3. The molecule has 0 radical (unpaired) electrons. The van der Waals surface area contributed by atoms with Crippen molar-refractivity contribution < 1.29 is 19.1 Å². The van der Waals surface area contributed by atoms with Gasteiger partial charge in [0.2, 0.25) is 0 Å². The van der Waals surface area contributed by atoms with E-state index in [1.54, 1.807) is 48.5 Å². The Hall–Kier alpha value is -3.23. The van der Waals surface area contributed by atoms with Gasteiger partial charge in [-0.15, -0.1) is 0 Å². The van der Waals surface area contributed by atoms with Crippen LogP contribution in [0.25, 0.3) is 6.08 Å². The minimum Gasteiger partial charge on any atom is -0.484 e. The highest BCUT2D eigenvalue weighted by Gasteiger charge is 2.34. The van der Waals surface area contributed by atoms with Gasteiger partial charge in [0.1, 0.15) is 11.3 Å². The summed E-state index contributed by atoms with van der Waals surface area (Å²) < 4.78 is 5.18. The lowest BCUT2D eigenvalue weighted by atomic mass is 10.1. The molecule has 7 nitrogen and oxygen atoms in total. The van der Waals surface area contributed by atoms with Gasteiger partial charge in [-0.25, -0.2) is 0 Å². The number of nitrogens with two attached hydrogens (primary N) is 1. The van der Waals surface area contributed by atoms with E-state index in [9.17, 15) is 14.4 Å². The van der Waals surface area contributed by atoms with E-state index in [4.69, 9.17) is 34.3 Å². The maximum atomic E-state index is 12.9. The molecular weight excluding hydrogens is 402 g/mol. The summed E-state index contributed by atoms with van der Waals surface area (Å²) in [6, 6.07) is 13.0. The third kappa shape index (κ3) is 4.36. The number of hydrogen-bond acceptors (Lipinski definition) is 5. The molecule has 3 N–H and O–H groups in total. The molecule has 9 heteroatoms. The first-order valence-electron chi connectivity index (χ1n) is 8.03. The maximum absolute atomic E-state index is 12.9. The zero-order chi connectivity index (χ0) is 20.3. The second-order valence-corrected chi connectivity index (χ2v) is 6.58. The Morgan fingerprint density at radius 2 is 1.79 bits per heavy atom. The van der Waals surface area contributed by atoms with Gasteiger partial charge < -0.3 is 10.5 Å². The summed E-state index contributed by atoms with van der Waals surface area (Å²) in [7, 11) is 0. The number of amides is 3. The normalized spacial score (nSPS) is 15.5. The summed E-state index contributed by atoms with van der Waals surface area (Å²) in [5, 5.41) is 3.01. The van der Waals surface area contributed by atoms with Crippen LogP contribution in [0.2, 0.25) is 5.02 Å². The van der Waals surface area contributed by atoms with Crippen molar-refractivity contribution in [2.24, 2.45) is 5.73 Å². The van der Waals surface area contributed by atoms with Gasteiger partial charge in [0.15, 0.2) is 11.7 Å². The van der Waals surface area contributed by atoms with Crippen molar-refractivity contribution in [2.45, 2.75) is 0 Å². The monoisotopic (exact) mass is 415 g/mol. The third-order valence-electron chi connectivity index (χ3n) is 3.76. The first kappa shape index (κ1) is 19.5. The highest BCUT2D eigenvalue weighted by atomic mass is 35.5. The number of nitrogens with one attached hydrogen (secondary N) is 1. The van der Waals surface area contributed by atoms with Crippen LogP contribution in [0.15, 0.2) is 54.1 Å². The number of ether oxygens (including phenoxy) is 1. The van der Waals surface area contributed by atoms with Gasteiger partial charge >= 0.3 is 0 Å². The Kier molecular flexibility index (Phi) is 5.72. The summed E-state index contributed by atoms with van der Waals surface area (Å²) in [5.41, 5.74) is 6.03. The molecule has 28 heavy (non-hydrogen) atoms. The van der Waals surface area contributed by atoms with Gasteiger partial charge in [-0.05, 0) is 60.3 Å². The van der Waals surface area contributed by atoms with Crippen molar-refractivity contribution in [2.75, 3.05) is 11.5 Å². The Morgan fingerprint density at radius 1 is 1.14 bits per heavy atom. The van der Waals surface area contributed by atoms with Gasteiger partial charge in [-0.3, -0.25) is 24.6 Å². The number of thiocarbonyl (C=S) groups is 1. The summed E-state index contributed by atoms with van der Waals surface area (Å²) >= 11 is 11.0. The highest BCUT2D eigenvalue weighted by Crippen LogP contribution is 2.24. The van der Waals surface area contributed by atoms with Crippen molar-refractivity contribution in [1.29, 1.82) is 0 Å². The number of hydrogen-bond donors (Lipinski definition) is 2. The van der Waals surface area contributed by atoms with Crippen LogP contribution >= 0.6 is 23.8 Å². The van der Waals surface area contributed by atoms with Crippen LogP contribution in [0.1, 0.15) is 5.56 Å². The Bertz CT molecular complexity index is 987. The van der Waals surface area contributed by atoms with E-state index >= 15 is 0 Å². The number of benzene rings is 2. The quantitative estimate of drug-likeness (QED) is 0.442. The molecule has 0 atom stereocenters. The van der Waals surface area contributed by atoms with E-state index < -0.39 is 17.7 Å². The lowest BCUT2D eigenvalue weighted by Crippen LogP contribution is -2.54. The molecule has 2 aromatic rings. The fourth-order valence-electron chi connectivity index (χ4n) is 2.46. The summed E-state index contributed by atoms with van der Waals surface area (Å²) in [5.74, 6) is -1.29. The Balaban J connectivity index is 1.86. The van der Waals surface area contributed by atoms with Gasteiger partial charge in [0.05, 0.1) is 5.69 Å². The molecule has 1 aliphatic heterocycles. The zero-order valence-corrected chi connectivity index (χ0v) is 15.9. The summed E-state index contributed by atoms with van der Waals surface area (Å²) in [6.07, 6.45) is 1.44. The molecule has 1 fully saturated rings. The Morgan fingerprint density at radius 3 is 2.39 bits per heavy atom. The van der Waals surface area contributed by atoms with E-state index in [0.29, 0.717) is 22.0 Å². The molecule has 3 amide bonds. The van der Waals surface area contributed by atoms with Gasteiger partial charge in [0, 0.05) is 5.02 Å². The third-order valence-corrected chi connectivity index (χ3v) is 4.30. The van der Waals surface area contributed by atoms with Crippen LogP contribution in [0.5, 0.6) is 5.75 Å². The topological polar surface area (TPSA) is 102 Å². The molecule has 0 aliphatic carbocycles. The number of carbonyl (C=O) groups is 3. The van der Waals surface area contributed by atoms with Crippen LogP contribution in [0.4, 0.5) is 5.69 Å². The predicted molar refractivity (Wildman–Crippen MR) is 109 cm³/mol. The minimum absolute atomic E-state index is 0.00956. The van der Waals surface area contributed by atoms with Gasteiger partial charge in [0.25, 0.3) is 17.7 Å². The van der Waals surface area contributed by atoms with Crippen LogP contribution in [-0.2, 0) is 14.4 Å². The van der Waals surface area contributed by atoms with E-state index in [0.717, 1.165) is 0 Å². The van der Waals surface area contributed by atoms with Crippen molar-refractivity contribution in [3.8, 4) is 5.75 Å². The molecule has 0 bridgehead atoms. The maximum Gasteiger partial charge on any atom is 0.270 e. The summed E-state index contributed by atoms with van der Waals surface area (Å²) in [6.45, 7) is -0.241. The number of anilines is 1. The lowest BCUT2D eigenvalue weighted by molar-refractivity contribution is -0.122. The molecule has 1 heterocycles. The molecule has 2 aromatic carbocycles. The molecule has 3 rings (SSSR count). The molecule has 0 aromatic heterocycles. The molecule has 1 aliphatic rings. The van der Waals surface area contributed by atoms with Crippen molar-refractivity contribution in [3.05, 3.63) is 64.7 Å². The number of rotatable bonds is 5. The average Bonchev–Trinajstić information content (AvgIpc) is 2.66. The lowest BCUT2D eigenvalue weighted by Gasteiger charge is -2.28. The van der Waals surface area contributed by atoms with Crippen molar-refractivity contribution in [1.82, 2.24) is 5.32 Å². The molecule has 142 valence electrons. The average molecular weight is 416 g/mol. The zero-order valence-electron chi connectivity index (χ0n) is 14.3. The molecule has 0 saturated carbocycles. The molecule has 0 spiro atoms. The van der Waals surface area contributed by atoms with Gasteiger partial charge in [-0.2, -0.15) is 0 Å². The van der Waals surface area contributed by atoms with E-state index in [1.165, 1.54) is 11.0 Å². The predicted octanol–water partition coefficient (Wildman–Crippen LogP) is 2.04. The van der Waals surface area contributed by atoms with Gasteiger partial charge in [-0.1, -0.05) is 23.7 Å². The summed E-state index contributed by atoms with van der Waals surface area (Å²) in [4.78, 5) is 37.1. The van der Waals surface area contributed by atoms with Crippen molar-refractivity contribution >= 4 is 58.4 Å². The second kappa shape index (κ2) is 8.20. The fourth-order valence-corrected chi connectivity index (χ4v) is 2.87. The standard InChI is InChI=1S/C19H14ClN3O4S/c20-12-3-5-13(6-4-12)23-18(26)15(17(25)22-19(23)28)9-11-1-7-14(8-2-11)27-10-16(21)24/h1-9H,10H2,(H2,21,24)(H,22,25,28)/b15-9-. The van der Waals surface area contributed by atoms with E-state index in [-0.39, 0.29) is 17.3 Å².